The summed E-state index contributed by atoms with van der Waals surface area (Å²) in [4.78, 5) is 13.5. The number of carbonyl (C=O) groups is 1. The number of fused-ring (bicyclic) bond motifs is 3. The van der Waals surface area contributed by atoms with E-state index in [1.54, 1.807) is 11.3 Å². The first kappa shape index (κ1) is 18.0. The number of esters is 1. The molecule has 1 aromatic heterocycles. The molecule has 1 unspecified atom stereocenters. The van der Waals surface area contributed by atoms with Crippen molar-refractivity contribution in [3.8, 4) is 5.75 Å². The minimum Gasteiger partial charge on any atom is -0.488 e. The molecule has 0 saturated carbocycles. The van der Waals surface area contributed by atoms with Gasteiger partial charge in [0.05, 0.1) is 12.0 Å². The first-order valence-electron chi connectivity index (χ1n) is 8.53. The second-order valence-corrected chi connectivity index (χ2v) is 8.14. The Balaban J connectivity index is 1.86. The summed E-state index contributed by atoms with van der Waals surface area (Å²) in [6.07, 6.45) is 5.91. The predicted octanol–water partition coefficient (Wildman–Crippen LogP) is 5.95. The Morgan fingerprint density at radius 2 is 2.07 bits per heavy atom. The van der Waals surface area contributed by atoms with Crippen LogP contribution in [0, 0.1) is 0 Å². The van der Waals surface area contributed by atoms with Crippen LogP contribution in [0.25, 0.3) is 16.2 Å². The van der Waals surface area contributed by atoms with Crippen molar-refractivity contribution in [1.29, 1.82) is 0 Å². The van der Waals surface area contributed by atoms with E-state index >= 15 is 0 Å². The SMILES string of the molecule is COC(=O)C1=CCOc2c(sc3ccc(Br)cc23)C1/C=C/c1ccccc1. The van der Waals surface area contributed by atoms with Gasteiger partial charge in [0.25, 0.3) is 0 Å². The van der Waals surface area contributed by atoms with Crippen LogP contribution in [0.1, 0.15) is 16.4 Å². The monoisotopic (exact) mass is 440 g/mol. The summed E-state index contributed by atoms with van der Waals surface area (Å²) in [5, 5.41) is 1.06. The summed E-state index contributed by atoms with van der Waals surface area (Å²) in [5.74, 6) is 0.299. The Morgan fingerprint density at radius 3 is 2.85 bits per heavy atom. The van der Waals surface area contributed by atoms with E-state index in [1.165, 1.54) is 7.11 Å². The molecule has 3 aromatic rings. The van der Waals surface area contributed by atoms with Crippen molar-refractivity contribution in [2.24, 2.45) is 0 Å². The molecule has 0 bridgehead atoms. The highest BCUT2D eigenvalue weighted by molar-refractivity contribution is 9.10. The van der Waals surface area contributed by atoms with Crippen LogP contribution in [0.3, 0.4) is 0 Å². The normalized spacial score (nSPS) is 16.5. The molecule has 2 heterocycles. The van der Waals surface area contributed by atoms with Crippen molar-refractivity contribution < 1.29 is 14.3 Å². The molecule has 1 aliphatic heterocycles. The number of methoxy groups -OCH3 is 1. The van der Waals surface area contributed by atoms with Crippen LogP contribution < -0.4 is 4.74 Å². The third kappa shape index (κ3) is 3.57. The van der Waals surface area contributed by atoms with E-state index < -0.39 is 0 Å². The fourth-order valence-electron chi connectivity index (χ4n) is 3.19. The molecule has 0 amide bonds. The van der Waals surface area contributed by atoms with E-state index in [-0.39, 0.29) is 11.9 Å². The Hall–Kier alpha value is -2.37. The van der Waals surface area contributed by atoms with E-state index in [2.05, 4.69) is 34.1 Å². The fourth-order valence-corrected chi connectivity index (χ4v) is 4.78. The van der Waals surface area contributed by atoms with Crippen LogP contribution in [0.5, 0.6) is 5.75 Å². The standard InChI is InChI=1S/C22H17BrO3S/c1-25-22(24)17-11-12-26-20-18-13-15(23)8-10-19(18)27-21(20)16(17)9-7-14-5-3-2-4-6-14/h2-11,13,16H,12H2,1H3/b9-7+. The van der Waals surface area contributed by atoms with Crippen LogP contribution in [-0.4, -0.2) is 19.7 Å². The number of carbonyl (C=O) groups excluding carboxylic acids is 1. The maximum absolute atomic E-state index is 12.4. The molecule has 0 radical (unpaired) electrons. The van der Waals surface area contributed by atoms with E-state index in [0.29, 0.717) is 12.2 Å². The van der Waals surface area contributed by atoms with Gasteiger partial charge in [0.15, 0.2) is 0 Å². The van der Waals surface area contributed by atoms with Crippen LogP contribution in [0.2, 0.25) is 0 Å². The first-order valence-corrected chi connectivity index (χ1v) is 10.1. The van der Waals surface area contributed by atoms with E-state index in [0.717, 1.165) is 30.7 Å². The third-order valence-corrected chi connectivity index (χ3v) is 6.21. The highest BCUT2D eigenvalue weighted by atomic mass is 79.9. The number of benzene rings is 2. The molecule has 136 valence electrons. The lowest BCUT2D eigenvalue weighted by Crippen LogP contribution is -2.11. The average Bonchev–Trinajstić information content (AvgIpc) is 2.94. The van der Waals surface area contributed by atoms with Gasteiger partial charge in [-0.1, -0.05) is 58.4 Å². The molecule has 0 aliphatic carbocycles. The molecule has 1 atom stereocenters. The van der Waals surface area contributed by atoms with E-state index in [9.17, 15) is 4.79 Å². The van der Waals surface area contributed by atoms with Gasteiger partial charge in [-0.3, -0.25) is 0 Å². The molecule has 2 aromatic carbocycles. The molecular formula is C22H17BrO3S. The van der Waals surface area contributed by atoms with Crippen molar-refractivity contribution >= 4 is 49.4 Å². The smallest absolute Gasteiger partial charge is 0.334 e. The average molecular weight is 441 g/mol. The molecule has 5 heteroatoms. The summed E-state index contributed by atoms with van der Waals surface area (Å²) in [7, 11) is 1.41. The molecule has 0 N–H and O–H groups in total. The quantitative estimate of drug-likeness (QED) is 0.471. The maximum Gasteiger partial charge on any atom is 0.334 e. The van der Waals surface area contributed by atoms with E-state index in [4.69, 9.17) is 9.47 Å². The van der Waals surface area contributed by atoms with Crippen molar-refractivity contribution in [1.82, 2.24) is 0 Å². The molecule has 0 saturated heterocycles. The van der Waals surface area contributed by atoms with Gasteiger partial charge in [-0.15, -0.1) is 11.3 Å². The fraction of sp³-hybridized carbons (Fsp3) is 0.136. The molecule has 4 rings (SSSR count). The highest BCUT2D eigenvalue weighted by Gasteiger charge is 2.29. The maximum atomic E-state index is 12.4. The van der Waals surface area contributed by atoms with Crippen LogP contribution in [-0.2, 0) is 9.53 Å². The zero-order valence-electron chi connectivity index (χ0n) is 14.6. The number of hydrogen-bond acceptors (Lipinski definition) is 4. The number of halogens is 1. The zero-order chi connectivity index (χ0) is 18.8. The van der Waals surface area contributed by atoms with Crippen molar-refractivity contribution in [2.75, 3.05) is 13.7 Å². The second-order valence-electron chi connectivity index (χ2n) is 6.15. The van der Waals surface area contributed by atoms with Crippen LogP contribution in [0.15, 0.2) is 70.7 Å². The highest BCUT2D eigenvalue weighted by Crippen LogP contribution is 2.47. The van der Waals surface area contributed by atoms with Gasteiger partial charge in [-0.25, -0.2) is 4.79 Å². The summed E-state index contributed by atoms with van der Waals surface area (Å²) >= 11 is 5.19. The molecule has 1 aliphatic rings. The second kappa shape index (κ2) is 7.71. The largest absolute Gasteiger partial charge is 0.488 e. The topological polar surface area (TPSA) is 35.5 Å². The van der Waals surface area contributed by atoms with Gasteiger partial charge >= 0.3 is 5.97 Å². The summed E-state index contributed by atoms with van der Waals surface area (Å²) in [5.41, 5.74) is 1.69. The van der Waals surface area contributed by atoms with Gasteiger partial charge in [0.2, 0.25) is 0 Å². The number of allylic oxidation sites excluding steroid dienone is 1. The number of hydrogen-bond donors (Lipinski definition) is 0. The Morgan fingerprint density at radius 1 is 1.26 bits per heavy atom. The van der Waals surface area contributed by atoms with Gasteiger partial charge in [-0.2, -0.15) is 0 Å². The first-order chi connectivity index (χ1) is 13.2. The molecule has 3 nitrogen and oxygen atoms in total. The summed E-state index contributed by atoms with van der Waals surface area (Å²) in [6.45, 7) is 0.339. The predicted molar refractivity (Wildman–Crippen MR) is 113 cm³/mol. The van der Waals surface area contributed by atoms with Gasteiger partial charge < -0.3 is 9.47 Å². The van der Waals surface area contributed by atoms with Crippen LogP contribution >= 0.6 is 27.3 Å². The van der Waals surface area contributed by atoms with E-state index in [1.807, 2.05) is 48.6 Å². The third-order valence-electron chi connectivity index (χ3n) is 4.48. The number of rotatable bonds is 3. The lowest BCUT2D eigenvalue weighted by atomic mass is 9.95. The zero-order valence-corrected chi connectivity index (χ0v) is 17.0. The van der Waals surface area contributed by atoms with Gasteiger partial charge in [-0.05, 0) is 29.8 Å². The van der Waals surface area contributed by atoms with Gasteiger partial charge in [0, 0.05) is 26.0 Å². The lowest BCUT2D eigenvalue weighted by molar-refractivity contribution is -0.136. The van der Waals surface area contributed by atoms with Gasteiger partial charge in [0.1, 0.15) is 12.4 Å². The number of ether oxygens (including phenoxy) is 2. The molecule has 0 spiro atoms. The Labute approximate surface area is 170 Å². The summed E-state index contributed by atoms with van der Waals surface area (Å²) < 4.78 is 13.2. The number of thiophene rings is 1. The molecular weight excluding hydrogens is 424 g/mol. The van der Waals surface area contributed by atoms with Crippen molar-refractivity contribution in [3.63, 3.8) is 0 Å². The van der Waals surface area contributed by atoms with Crippen molar-refractivity contribution in [2.45, 2.75) is 5.92 Å². The molecule has 0 fully saturated rings. The van der Waals surface area contributed by atoms with Crippen molar-refractivity contribution in [3.05, 3.63) is 81.2 Å². The summed E-state index contributed by atoms with van der Waals surface area (Å²) in [6, 6.07) is 16.2. The minimum absolute atomic E-state index is 0.216. The Bertz CT molecular complexity index is 1050. The lowest BCUT2D eigenvalue weighted by Gasteiger charge is -2.13. The van der Waals surface area contributed by atoms with Crippen LogP contribution in [0.4, 0.5) is 0 Å². The Kier molecular flexibility index (Phi) is 5.14. The minimum atomic E-state index is -0.326. The molecule has 27 heavy (non-hydrogen) atoms.